The van der Waals surface area contributed by atoms with E-state index in [4.69, 9.17) is 0 Å². The molecule has 0 spiro atoms. The van der Waals surface area contributed by atoms with Crippen molar-refractivity contribution in [2.75, 3.05) is 13.1 Å². The van der Waals surface area contributed by atoms with Gasteiger partial charge in [-0.15, -0.1) is 0 Å². The van der Waals surface area contributed by atoms with Crippen LogP contribution in [0, 0.1) is 6.92 Å². The normalized spacial score (nSPS) is 18.4. The molecule has 1 aliphatic rings. The second-order valence-electron chi connectivity index (χ2n) is 5.39. The maximum absolute atomic E-state index is 12.4. The Labute approximate surface area is 127 Å². The largest absolute Gasteiger partial charge is 0.434 e. The highest BCUT2D eigenvalue weighted by Gasteiger charge is 2.22. The number of hydrogen-bond acceptors (Lipinski definition) is 3. The summed E-state index contributed by atoms with van der Waals surface area (Å²) in [5.41, 5.74) is 1.38. The SMILES string of the molecule is Cc1ccc(OC(F)F)c(CNC(=O)N2CCCC(O)C2)c1. The van der Waals surface area contributed by atoms with Crippen LogP contribution >= 0.6 is 0 Å². The van der Waals surface area contributed by atoms with Crippen LogP contribution in [0.2, 0.25) is 0 Å². The number of carbonyl (C=O) groups excluding carboxylic acids is 1. The van der Waals surface area contributed by atoms with E-state index in [1.54, 1.807) is 12.1 Å². The van der Waals surface area contributed by atoms with Gasteiger partial charge in [0.1, 0.15) is 5.75 Å². The van der Waals surface area contributed by atoms with E-state index in [0.717, 1.165) is 12.0 Å². The third kappa shape index (κ3) is 4.56. The van der Waals surface area contributed by atoms with E-state index in [1.807, 2.05) is 6.92 Å². The van der Waals surface area contributed by atoms with E-state index in [0.29, 0.717) is 25.1 Å². The molecule has 1 aromatic carbocycles. The lowest BCUT2D eigenvalue weighted by Gasteiger charge is -2.30. The van der Waals surface area contributed by atoms with Crippen molar-refractivity contribution >= 4 is 6.03 Å². The number of alkyl halides is 2. The Kier molecular flexibility index (Phi) is 5.54. The fraction of sp³-hybridized carbons (Fsp3) is 0.533. The number of ether oxygens (including phenoxy) is 1. The first-order valence-electron chi connectivity index (χ1n) is 7.21. The molecule has 1 aromatic rings. The molecule has 0 aliphatic carbocycles. The lowest BCUT2D eigenvalue weighted by Crippen LogP contribution is -2.46. The first kappa shape index (κ1) is 16.5. The second-order valence-corrected chi connectivity index (χ2v) is 5.39. The van der Waals surface area contributed by atoms with Gasteiger partial charge >= 0.3 is 12.6 Å². The van der Waals surface area contributed by atoms with E-state index in [1.165, 1.54) is 11.0 Å². The van der Waals surface area contributed by atoms with Crippen molar-refractivity contribution in [1.82, 2.24) is 10.2 Å². The molecule has 1 saturated heterocycles. The molecule has 1 atom stereocenters. The molecule has 1 heterocycles. The summed E-state index contributed by atoms with van der Waals surface area (Å²) in [6, 6.07) is 4.52. The summed E-state index contributed by atoms with van der Waals surface area (Å²) in [6.07, 6.45) is 0.934. The number of amides is 2. The van der Waals surface area contributed by atoms with Crippen molar-refractivity contribution in [1.29, 1.82) is 0 Å². The average molecular weight is 314 g/mol. The van der Waals surface area contributed by atoms with Gasteiger partial charge in [-0.1, -0.05) is 17.7 Å². The van der Waals surface area contributed by atoms with Crippen LogP contribution in [0.4, 0.5) is 13.6 Å². The van der Waals surface area contributed by atoms with Gasteiger partial charge in [0.2, 0.25) is 0 Å². The van der Waals surface area contributed by atoms with Gasteiger partial charge in [0.05, 0.1) is 6.10 Å². The molecule has 1 fully saturated rings. The Morgan fingerprint density at radius 1 is 1.55 bits per heavy atom. The molecule has 1 unspecified atom stereocenters. The number of nitrogens with one attached hydrogen (secondary N) is 1. The number of halogens is 2. The van der Waals surface area contributed by atoms with Crippen LogP contribution in [0.1, 0.15) is 24.0 Å². The summed E-state index contributed by atoms with van der Waals surface area (Å²) in [5.74, 6) is 0.0552. The van der Waals surface area contributed by atoms with Crippen molar-refractivity contribution in [3.8, 4) is 5.75 Å². The number of β-amino-alcohol motifs (C(OH)–C–C–N with tert-alkyl or cyclic N) is 1. The van der Waals surface area contributed by atoms with Gasteiger partial charge < -0.3 is 20.1 Å². The molecule has 0 saturated carbocycles. The molecule has 1 aliphatic heterocycles. The third-order valence-electron chi connectivity index (χ3n) is 3.55. The molecular weight excluding hydrogens is 294 g/mol. The van der Waals surface area contributed by atoms with Crippen LogP contribution in [0.25, 0.3) is 0 Å². The van der Waals surface area contributed by atoms with Crippen molar-refractivity contribution in [2.24, 2.45) is 0 Å². The molecule has 22 heavy (non-hydrogen) atoms. The van der Waals surface area contributed by atoms with Crippen LogP contribution in [0.5, 0.6) is 5.75 Å². The molecule has 2 N–H and O–H groups in total. The number of nitrogens with zero attached hydrogens (tertiary/aromatic N) is 1. The minimum Gasteiger partial charge on any atom is -0.434 e. The summed E-state index contributed by atoms with van der Waals surface area (Å²) in [7, 11) is 0. The number of benzene rings is 1. The molecule has 0 radical (unpaired) electrons. The van der Waals surface area contributed by atoms with E-state index >= 15 is 0 Å². The minimum absolute atomic E-state index is 0.0552. The zero-order chi connectivity index (χ0) is 16.1. The molecule has 7 heteroatoms. The Hall–Kier alpha value is -1.89. The smallest absolute Gasteiger partial charge is 0.387 e. The lowest BCUT2D eigenvalue weighted by atomic mass is 10.1. The van der Waals surface area contributed by atoms with E-state index < -0.39 is 12.7 Å². The van der Waals surface area contributed by atoms with Crippen LogP contribution in [-0.4, -0.2) is 41.8 Å². The predicted octanol–water partition coefficient (Wildman–Crippen LogP) is 2.26. The Morgan fingerprint density at radius 3 is 3.00 bits per heavy atom. The van der Waals surface area contributed by atoms with E-state index in [-0.39, 0.29) is 18.3 Å². The van der Waals surface area contributed by atoms with Gasteiger partial charge in [0, 0.05) is 25.2 Å². The topological polar surface area (TPSA) is 61.8 Å². The monoisotopic (exact) mass is 314 g/mol. The fourth-order valence-electron chi connectivity index (χ4n) is 2.48. The number of aryl methyl sites for hydroxylation is 1. The fourth-order valence-corrected chi connectivity index (χ4v) is 2.48. The van der Waals surface area contributed by atoms with E-state index in [9.17, 15) is 18.7 Å². The van der Waals surface area contributed by atoms with Gasteiger partial charge in [-0.05, 0) is 25.8 Å². The van der Waals surface area contributed by atoms with Crippen LogP contribution in [0.3, 0.4) is 0 Å². The van der Waals surface area contributed by atoms with Crippen LogP contribution in [0.15, 0.2) is 18.2 Å². The highest BCUT2D eigenvalue weighted by molar-refractivity contribution is 5.74. The average Bonchev–Trinajstić information content (AvgIpc) is 2.46. The van der Waals surface area contributed by atoms with Crippen molar-refractivity contribution < 1.29 is 23.4 Å². The number of carbonyl (C=O) groups is 1. The molecule has 2 rings (SSSR count). The van der Waals surface area contributed by atoms with Gasteiger partial charge in [-0.3, -0.25) is 0 Å². The van der Waals surface area contributed by atoms with Gasteiger partial charge in [0.15, 0.2) is 0 Å². The molecule has 0 bridgehead atoms. The summed E-state index contributed by atoms with van der Waals surface area (Å²) in [4.78, 5) is 13.6. The predicted molar refractivity (Wildman–Crippen MR) is 76.9 cm³/mol. The Balaban J connectivity index is 1.98. The first-order chi connectivity index (χ1) is 10.5. The maximum Gasteiger partial charge on any atom is 0.387 e. The summed E-state index contributed by atoms with van der Waals surface area (Å²) in [5, 5.41) is 12.2. The molecule has 122 valence electrons. The minimum atomic E-state index is -2.91. The summed E-state index contributed by atoms with van der Waals surface area (Å²) >= 11 is 0. The van der Waals surface area contributed by atoms with Gasteiger partial charge in [-0.25, -0.2) is 4.79 Å². The molecular formula is C15H20F2N2O3. The zero-order valence-corrected chi connectivity index (χ0v) is 12.4. The van der Waals surface area contributed by atoms with Crippen molar-refractivity contribution in [3.05, 3.63) is 29.3 Å². The van der Waals surface area contributed by atoms with Crippen LogP contribution < -0.4 is 10.1 Å². The highest BCUT2D eigenvalue weighted by atomic mass is 19.3. The number of likely N-dealkylation sites (tertiary alicyclic amines) is 1. The number of aliphatic hydroxyl groups is 1. The Bertz CT molecular complexity index is 526. The number of urea groups is 1. The number of hydrogen-bond donors (Lipinski definition) is 2. The summed E-state index contributed by atoms with van der Waals surface area (Å²) < 4.78 is 29.2. The van der Waals surface area contributed by atoms with Crippen molar-refractivity contribution in [2.45, 2.75) is 39.0 Å². The summed E-state index contributed by atoms with van der Waals surface area (Å²) in [6.45, 7) is -0.112. The molecule has 0 aromatic heterocycles. The maximum atomic E-state index is 12.4. The highest BCUT2D eigenvalue weighted by Crippen LogP contribution is 2.22. The third-order valence-corrected chi connectivity index (χ3v) is 3.55. The van der Waals surface area contributed by atoms with Crippen LogP contribution in [-0.2, 0) is 6.54 Å². The van der Waals surface area contributed by atoms with Crippen molar-refractivity contribution in [3.63, 3.8) is 0 Å². The Morgan fingerprint density at radius 2 is 2.32 bits per heavy atom. The molecule has 5 nitrogen and oxygen atoms in total. The lowest BCUT2D eigenvalue weighted by molar-refractivity contribution is -0.0504. The second kappa shape index (κ2) is 7.40. The zero-order valence-electron chi connectivity index (χ0n) is 12.4. The standard InChI is InChI=1S/C15H20F2N2O3/c1-10-4-5-13(22-14(16)17)11(7-10)8-18-15(21)19-6-2-3-12(20)9-19/h4-5,7,12,14,20H,2-3,6,8-9H2,1H3,(H,18,21). The van der Waals surface area contributed by atoms with Gasteiger partial charge in [-0.2, -0.15) is 8.78 Å². The first-order valence-corrected chi connectivity index (χ1v) is 7.21. The number of aliphatic hydroxyl groups excluding tert-OH is 1. The molecule has 2 amide bonds. The number of piperidine rings is 1. The quantitative estimate of drug-likeness (QED) is 0.896. The number of rotatable bonds is 4. The van der Waals surface area contributed by atoms with E-state index in [2.05, 4.69) is 10.1 Å². The van der Waals surface area contributed by atoms with Gasteiger partial charge in [0.25, 0.3) is 0 Å².